The van der Waals surface area contributed by atoms with Crippen LogP contribution < -0.4 is 5.32 Å². The molecule has 0 fully saturated rings. The zero-order chi connectivity index (χ0) is 13.8. The maximum absolute atomic E-state index is 4.12. The van der Waals surface area contributed by atoms with Gasteiger partial charge in [-0.1, -0.05) is 22.9 Å². The second kappa shape index (κ2) is 6.54. The molecule has 2 rings (SSSR count). The topological polar surface area (TPSA) is 42.7 Å². The Kier molecular flexibility index (Phi) is 5.01. The van der Waals surface area contributed by atoms with E-state index in [0.29, 0.717) is 6.04 Å². The van der Waals surface area contributed by atoms with Gasteiger partial charge in [-0.3, -0.25) is 0 Å². The predicted molar refractivity (Wildman–Crippen MR) is 81.4 cm³/mol. The average molecular weight is 341 g/mol. The predicted octanol–water partition coefficient (Wildman–Crippen LogP) is 3.40. The van der Waals surface area contributed by atoms with Crippen molar-refractivity contribution in [2.45, 2.75) is 29.9 Å². The summed E-state index contributed by atoms with van der Waals surface area (Å²) >= 11 is 5.18. The molecule has 2 aromatic rings. The minimum Gasteiger partial charge on any atom is -0.311 e. The molecule has 0 aliphatic heterocycles. The number of nitrogens with one attached hydrogen (secondary N) is 1. The van der Waals surface area contributed by atoms with Gasteiger partial charge in [0.05, 0.1) is 0 Å². The monoisotopic (exact) mass is 340 g/mol. The molecule has 0 saturated carbocycles. The molecule has 1 heterocycles. The highest BCUT2D eigenvalue weighted by Crippen LogP contribution is 2.33. The molecule has 0 aliphatic rings. The van der Waals surface area contributed by atoms with E-state index < -0.39 is 0 Å². The number of nitrogens with zero attached hydrogens (tertiary/aromatic N) is 3. The van der Waals surface area contributed by atoms with Crippen LogP contribution in [-0.2, 0) is 7.05 Å². The Morgan fingerprint density at radius 1 is 1.47 bits per heavy atom. The highest BCUT2D eigenvalue weighted by molar-refractivity contribution is 9.10. The van der Waals surface area contributed by atoms with Crippen LogP contribution in [0.3, 0.4) is 0 Å². The van der Waals surface area contributed by atoms with Crippen LogP contribution in [0.15, 0.2) is 39.1 Å². The van der Waals surface area contributed by atoms with Gasteiger partial charge in [0.15, 0.2) is 5.16 Å². The standard InChI is InChI=1S/C13H17BrN4S/c1-4-15-9(2)11-7-10(14)5-6-12(11)19-13-17-16-8-18(13)3/h5-9,15H,4H2,1-3H3. The van der Waals surface area contributed by atoms with Gasteiger partial charge in [-0.15, -0.1) is 10.2 Å². The molecule has 0 amide bonds. The molecule has 102 valence electrons. The lowest BCUT2D eigenvalue weighted by Gasteiger charge is -2.17. The lowest BCUT2D eigenvalue weighted by molar-refractivity contribution is 0.589. The summed E-state index contributed by atoms with van der Waals surface area (Å²) in [5, 5.41) is 12.4. The molecule has 1 aromatic heterocycles. The van der Waals surface area contributed by atoms with Crippen LogP contribution >= 0.6 is 27.7 Å². The van der Waals surface area contributed by atoms with Crippen LogP contribution in [0.5, 0.6) is 0 Å². The van der Waals surface area contributed by atoms with Crippen LogP contribution in [0.25, 0.3) is 0 Å². The molecular formula is C13H17BrN4S. The van der Waals surface area contributed by atoms with Crippen molar-refractivity contribution in [3.05, 3.63) is 34.6 Å². The molecule has 0 aliphatic carbocycles. The zero-order valence-electron chi connectivity index (χ0n) is 11.2. The van der Waals surface area contributed by atoms with Crippen molar-refractivity contribution in [1.29, 1.82) is 0 Å². The van der Waals surface area contributed by atoms with Crippen molar-refractivity contribution in [3.63, 3.8) is 0 Å². The van der Waals surface area contributed by atoms with Crippen LogP contribution in [0.4, 0.5) is 0 Å². The van der Waals surface area contributed by atoms with Gasteiger partial charge in [0.25, 0.3) is 0 Å². The molecule has 0 bridgehead atoms. The van der Waals surface area contributed by atoms with Crippen molar-refractivity contribution < 1.29 is 0 Å². The van der Waals surface area contributed by atoms with Crippen molar-refractivity contribution in [1.82, 2.24) is 20.1 Å². The second-order valence-corrected chi connectivity index (χ2v) is 6.21. The first-order chi connectivity index (χ1) is 9.11. The molecule has 1 N–H and O–H groups in total. The number of hydrogen-bond donors (Lipinski definition) is 1. The number of benzene rings is 1. The van der Waals surface area contributed by atoms with Gasteiger partial charge in [-0.2, -0.15) is 0 Å². The van der Waals surface area contributed by atoms with Crippen LogP contribution in [0.2, 0.25) is 0 Å². The number of aromatic nitrogens is 3. The minimum absolute atomic E-state index is 0.304. The number of rotatable bonds is 5. The maximum Gasteiger partial charge on any atom is 0.195 e. The largest absolute Gasteiger partial charge is 0.311 e. The highest BCUT2D eigenvalue weighted by atomic mass is 79.9. The van der Waals surface area contributed by atoms with E-state index in [1.807, 2.05) is 11.6 Å². The van der Waals surface area contributed by atoms with Gasteiger partial charge in [0.1, 0.15) is 6.33 Å². The molecule has 19 heavy (non-hydrogen) atoms. The van der Waals surface area contributed by atoms with Crippen molar-refractivity contribution in [2.75, 3.05) is 6.54 Å². The summed E-state index contributed by atoms with van der Waals surface area (Å²) in [4.78, 5) is 1.20. The maximum atomic E-state index is 4.12. The van der Waals surface area contributed by atoms with Gasteiger partial charge in [0, 0.05) is 22.5 Å². The van der Waals surface area contributed by atoms with Crippen molar-refractivity contribution >= 4 is 27.7 Å². The summed E-state index contributed by atoms with van der Waals surface area (Å²) in [6, 6.07) is 6.64. The molecule has 6 heteroatoms. The highest BCUT2D eigenvalue weighted by Gasteiger charge is 2.13. The summed E-state index contributed by atoms with van der Waals surface area (Å²) in [6.45, 7) is 5.23. The third kappa shape index (κ3) is 3.58. The van der Waals surface area contributed by atoms with Crippen LogP contribution in [0, 0.1) is 0 Å². The summed E-state index contributed by atoms with van der Waals surface area (Å²) < 4.78 is 3.02. The van der Waals surface area contributed by atoms with Gasteiger partial charge in [-0.05, 0) is 49.0 Å². The van der Waals surface area contributed by atoms with Gasteiger partial charge in [-0.25, -0.2) is 0 Å². The van der Waals surface area contributed by atoms with E-state index in [-0.39, 0.29) is 0 Å². The third-order valence-corrected chi connectivity index (χ3v) is 4.46. The van der Waals surface area contributed by atoms with Gasteiger partial charge >= 0.3 is 0 Å². The van der Waals surface area contributed by atoms with E-state index in [0.717, 1.165) is 16.2 Å². The minimum atomic E-state index is 0.304. The Labute approximate surface area is 126 Å². The summed E-state index contributed by atoms with van der Waals surface area (Å²) in [6.07, 6.45) is 1.72. The van der Waals surface area contributed by atoms with Crippen molar-refractivity contribution in [3.8, 4) is 0 Å². The average Bonchev–Trinajstić information content (AvgIpc) is 2.77. The lowest BCUT2D eigenvalue weighted by Crippen LogP contribution is -2.18. The van der Waals surface area contributed by atoms with E-state index >= 15 is 0 Å². The lowest BCUT2D eigenvalue weighted by atomic mass is 10.1. The Morgan fingerprint density at radius 3 is 2.89 bits per heavy atom. The summed E-state index contributed by atoms with van der Waals surface area (Å²) in [5.74, 6) is 0. The summed E-state index contributed by atoms with van der Waals surface area (Å²) in [5.41, 5.74) is 1.27. The van der Waals surface area contributed by atoms with E-state index in [9.17, 15) is 0 Å². The SMILES string of the molecule is CCNC(C)c1cc(Br)ccc1Sc1nncn1C. The Balaban J connectivity index is 2.31. The van der Waals surface area contributed by atoms with E-state index in [2.05, 4.69) is 63.5 Å². The van der Waals surface area contributed by atoms with Crippen LogP contribution in [-0.4, -0.2) is 21.3 Å². The van der Waals surface area contributed by atoms with E-state index in [4.69, 9.17) is 0 Å². The molecule has 1 unspecified atom stereocenters. The molecule has 1 aromatic carbocycles. The third-order valence-electron chi connectivity index (χ3n) is 2.82. The fourth-order valence-electron chi connectivity index (χ4n) is 1.83. The quantitative estimate of drug-likeness (QED) is 0.905. The van der Waals surface area contributed by atoms with Crippen molar-refractivity contribution in [2.24, 2.45) is 7.05 Å². The number of aryl methyl sites for hydroxylation is 1. The van der Waals surface area contributed by atoms with Gasteiger partial charge < -0.3 is 9.88 Å². The van der Waals surface area contributed by atoms with E-state index in [1.54, 1.807) is 18.1 Å². The molecule has 4 nitrogen and oxygen atoms in total. The number of halogens is 1. The van der Waals surface area contributed by atoms with Crippen LogP contribution in [0.1, 0.15) is 25.5 Å². The first kappa shape index (κ1) is 14.6. The Morgan fingerprint density at radius 2 is 2.26 bits per heavy atom. The fraction of sp³-hybridized carbons (Fsp3) is 0.385. The zero-order valence-corrected chi connectivity index (χ0v) is 13.6. The first-order valence-electron chi connectivity index (χ1n) is 6.16. The second-order valence-electron chi connectivity index (χ2n) is 4.29. The normalized spacial score (nSPS) is 12.6. The Bertz CT molecular complexity index is 555. The summed E-state index contributed by atoms with van der Waals surface area (Å²) in [7, 11) is 1.95. The van der Waals surface area contributed by atoms with E-state index in [1.165, 1.54) is 10.5 Å². The fourth-order valence-corrected chi connectivity index (χ4v) is 3.17. The Hall–Kier alpha value is -0.850. The molecule has 1 atom stereocenters. The molecule has 0 radical (unpaired) electrons. The number of hydrogen-bond acceptors (Lipinski definition) is 4. The first-order valence-corrected chi connectivity index (χ1v) is 7.77. The van der Waals surface area contributed by atoms with Gasteiger partial charge in [0.2, 0.25) is 0 Å². The molecular weight excluding hydrogens is 324 g/mol. The molecule has 0 saturated heterocycles. The smallest absolute Gasteiger partial charge is 0.195 e. The molecule has 0 spiro atoms.